The fourth-order valence-electron chi connectivity index (χ4n) is 6.84. The molecule has 10 heteroatoms. The number of hydrogen-bond acceptors (Lipinski definition) is 8. The number of H-pyrrole nitrogens is 1. The molecule has 0 bridgehead atoms. The lowest BCUT2D eigenvalue weighted by Gasteiger charge is -2.38. The van der Waals surface area contributed by atoms with Crippen molar-refractivity contribution in [1.82, 2.24) is 4.98 Å². The van der Waals surface area contributed by atoms with E-state index in [4.69, 9.17) is 14.2 Å². The number of ether oxygens (including phenoxy) is 3. The van der Waals surface area contributed by atoms with Crippen LogP contribution in [0, 0.1) is 6.92 Å². The fourth-order valence-corrected chi connectivity index (χ4v) is 6.84. The quantitative estimate of drug-likeness (QED) is 0.252. The van der Waals surface area contributed by atoms with Gasteiger partial charge in [0, 0.05) is 22.5 Å². The summed E-state index contributed by atoms with van der Waals surface area (Å²) in [5.74, 6) is -0.966. The topological polar surface area (TPSA) is 159 Å². The van der Waals surface area contributed by atoms with Crippen molar-refractivity contribution in [3.05, 3.63) is 64.3 Å². The first kappa shape index (κ1) is 28.7. The fraction of sp³-hybridized carbons (Fsp3) is 0.500. The zero-order valence-corrected chi connectivity index (χ0v) is 23.5. The maximum Gasteiger partial charge on any atom is 0.335 e. The Balaban J connectivity index is 1.09. The van der Waals surface area contributed by atoms with Gasteiger partial charge in [-0.15, -0.1) is 0 Å². The molecule has 6 rings (SSSR count). The Morgan fingerprint density at radius 3 is 2.52 bits per heavy atom. The van der Waals surface area contributed by atoms with Crippen LogP contribution >= 0.6 is 0 Å². The summed E-state index contributed by atoms with van der Waals surface area (Å²) in [4.78, 5) is 27.5. The molecule has 2 heterocycles. The average molecular weight is 580 g/mol. The van der Waals surface area contributed by atoms with E-state index in [1.165, 1.54) is 36.8 Å². The third-order valence-corrected chi connectivity index (χ3v) is 9.07. The van der Waals surface area contributed by atoms with Crippen LogP contribution in [0.5, 0.6) is 5.75 Å². The Morgan fingerprint density at radius 2 is 1.79 bits per heavy atom. The molecule has 1 aliphatic heterocycles. The number of aliphatic hydroxyl groups excluding tert-OH is 3. The molecular weight excluding hydrogens is 542 g/mol. The predicted molar refractivity (Wildman–Crippen MR) is 151 cm³/mol. The largest absolute Gasteiger partial charge is 0.489 e. The maximum absolute atomic E-state index is 12.8. The number of hydrogen-bond donors (Lipinski definition) is 5. The molecule has 224 valence electrons. The number of aliphatic hydroxyl groups is 3. The van der Waals surface area contributed by atoms with E-state index >= 15 is 0 Å². The van der Waals surface area contributed by atoms with Crippen LogP contribution in [-0.4, -0.2) is 68.1 Å². The molecular formula is C32H37NO9. The normalized spacial score (nSPS) is 27.7. The summed E-state index contributed by atoms with van der Waals surface area (Å²) in [5.41, 5.74) is 6.91. The Bertz CT molecular complexity index is 1480. The second-order valence-electron chi connectivity index (χ2n) is 11.9. The maximum atomic E-state index is 12.8. The van der Waals surface area contributed by atoms with E-state index in [0.717, 1.165) is 39.9 Å². The van der Waals surface area contributed by atoms with E-state index in [1.807, 2.05) is 18.2 Å². The number of aliphatic carboxylic acids is 1. The summed E-state index contributed by atoms with van der Waals surface area (Å²) >= 11 is 0. The van der Waals surface area contributed by atoms with Gasteiger partial charge in [0.2, 0.25) is 6.29 Å². The Morgan fingerprint density at radius 1 is 1.00 bits per heavy atom. The molecule has 1 saturated carbocycles. The van der Waals surface area contributed by atoms with Crippen molar-refractivity contribution in [2.45, 2.75) is 101 Å². The molecule has 6 atom stereocenters. The number of carbonyl (C=O) groups is 2. The van der Waals surface area contributed by atoms with Gasteiger partial charge in [0.05, 0.1) is 6.42 Å². The molecule has 2 aliphatic carbocycles. The van der Waals surface area contributed by atoms with Crippen LogP contribution in [0.1, 0.15) is 78.3 Å². The number of rotatable bonds is 8. The summed E-state index contributed by atoms with van der Waals surface area (Å²) in [7, 11) is 0. The highest BCUT2D eigenvalue weighted by molar-refractivity contribution is 5.87. The van der Waals surface area contributed by atoms with Gasteiger partial charge in [-0.05, 0) is 79.0 Å². The zero-order chi connectivity index (χ0) is 29.5. The van der Waals surface area contributed by atoms with Crippen LogP contribution in [0.2, 0.25) is 0 Å². The predicted octanol–water partition coefficient (Wildman–Crippen LogP) is 3.57. The first-order valence-corrected chi connectivity index (χ1v) is 14.7. The minimum atomic E-state index is -1.85. The number of carbonyl (C=O) groups excluding carboxylic acids is 1. The molecule has 5 N–H and O–H groups in total. The molecule has 3 aliphatic rings. The number of esters is 1. The van der Waals surface area contributed by atoms with Gasteiger partial charge in [-0.1, -0.05) is 31.0 Å². The highest BCUT2D eigenvalue weighted by Crippen LogP contribution is 2.41. The molecule has 1 aromatic heterocycles. The smallest absolute Gasteiger partial charge is 0.335 e. The second-order valence-corrected chi connectivity index (χ2v) is 11.9. The van der Waals surface area contributed by atoms with Gasteiger partial charge in [-0.25, -0.2) is 4.79 Å². The second kappa shape index (κ2) is 11.7. The van der Waals surface area contributed by atoms with Gasteiger partial charge in [0.1, 0.15) is 30.7 Å². The monoisotopic (exact) mass is 579 g/mol. The van der Waals surface area contributed by atoms with Gasteiger partial charge < -0.3 is 39.6 Å². The van der Waals surface area contributed by atoms with Gasteiger partial charge in [0.25, 0.3) is 0 Å². The summed E-state index contributed by atoms with van der Waals surface area (Å²) in [6.45, 7) is 2.66. The Hall–Kier alpha value is -3.44. The standard InChI is InChI=1S/C32H37NO9/c1-16-12-17(6-9-21(16)18-4-2-3-5-18)15-40-20-8-11-24-23(14-20)22-10-7-19(26(22)33-24)13-25(34)41-32-29(37)27(35)28(36)30(42-32)31(38)39/h6,8-9,11-12,14,18-19,27-30,32-33,35-37H,2-5,7,10,13,15H2,1H3,(H,38,39)/t19-,27-,28-,29+,30-,32-/m0/s1. The Kier molecular flexibility index (Phi) is 7.97. The van der Waals surface area contributed by atoms with Crippen molar-refractivity contribution in [1.29, 1.82) is 0 Å². The summed E-state index contributed by atoms with van der Waals surface area (Å²) < 4.78 is 16.5. The van der Waals surface area contributed by atoms with Gasteiger partial charge >= 0.3 is 11.9 Å². The van der Waals surface area contributed by atoms with E-state index in [0.29, 0.717) is 18.9 Å². The van der Waals surface area contributed by atoms with Crippen LogP contribution in [0.3, 0.4) is 0 Å². The molecule has 0 radical (unpaired) electrons. The van der Waals surface area contributed by atoms with Gasteiger partial charge in [0.15, 0.2) is 6.10 Å². The van der Waals surface area contributed by atoms with Crippen LogP contribution in [0.4, 0.5) is 0 Å². The molecule has 3 aromatic rings. The van der Waals surface area contributed by atoms with Crippen molar-refractivity contribution in [3.8, 4) is 5.75 Å². The molecule has 0 unspecified atom stereocenters. The first-order chi connectivity index (χ1) is 20.2. The number of fused-ring (bicyclic) bond motifs is 3. The minimum Gasteiger partial charge on any atom is -0.489 e. The molecule has 2 aromatic carbocycles. The number of aryl methyl sites for hydroxylation is 2. The van der Waals surface area contributed by atoms with E-state index in [2.05, 4.69) is 30.1 Å². The third kappa shape index (κ3) is 5.51. The van der Waals surface area contributed by atoms with Crippen LogP contribution in [0.15, 0.2) is 36.4 Å². The van der Waals surface area contributed by atoms with E-state index in [1.54, 1.807) is 0 Å². The van der Waals surface area contributed by atoms with E-state index in [9.17, 15) is 30.0 Å². The van der Waals surface area contributed by atoms with Crippen LogP contribution in [-0.2, 0) is 32.1 Å². The number of nitrogens with one attached hydrogen (secondary N) is 1. The number of aromatic nitrogens is 1. The highest BCUT2D eigenvalue weighted by atomic mass is 16.7. The Labute approximate surface area is 243 Å². The lowest BCUT2D eigenvalue weighted by molar-refractivity contribution is -0.286. The number of benzene rings is 2. The summed E-state index contributed by atoms with van der Waals surface area (Å²) in [6, 6.07) is 12.6. The molecule has 42 heavy (non-hydrogen) atoms. The van der Waals surface area contributed by atoms with Crippen LogP contribution < -0.4 is 4.74 Å². The van der Waals surface area contributed by atoms with Gasteiger partial charge in [-0.2, -0.15) is 0 Å². The lowest BCUT2D eigenvalue weighted by Crippen LogP contribution is -2.60. The minimum absolute atomic E-state index is 0.0254. The highest BCUT2D eigenvalue weighted by Gasteiger charge is 2.48. The average Bonchev–Trinajstić information content (AvgIpc) is 3.71. The molecule has 1 saturated heterocycles. The molecule has 0 spiro atoms. The van der Waals surface area contributed by atoms with Gasteiger partial charge in [-0.3, -0.25) is 4.79 Å². The van der Waals surface area contributed by atoms with Crippen molar-refractivity contribution in [2.75, 3.05) is 0 Å². The summed E-state index contributed by atoms with van der Waals surface area (Å²) in [5, 5.41) is 40.2. The zero-order valence-electron chi connectivity index (χ0n) is 23.5. The van der Waals surface area contributed by atoms with Crippen molar-refractivity contribution in [2.24, 2.45) is 0 Å². The number of carboxylic acids is 1. The first-order valence-electron chi connectivity index (χ1n) is 14.7. The lowest BCUT2D eigenvalue weighted by atomic mass is 9.92. The molecule has 10 nitrogen and oxygen atoms in total. The molecule has 0 amide bonds. The number of aromatic amines is 1. The van der Waals surface area contributed by atoms with Crippen LogP contribution in [0.25, 0.3) is 10.9 Å². The SMILES string of the molecule is Cc1cc(COc2ccc3[nH]c4c(c3c2)CC[C@H]4CC(=O)O[C@H]2O[C@H](C(=O)O)[C@@H](O)[C@H](O)[C@H]2O)ccc1C1CCCC1. The summed E-state index contributed by atoms with van der Waals surface area (Å²) in [6.07, 6.45) is -2.37. The van der Waals surface area contributed by atoms with E-state index < -0.39 is 42.6 Å². The third-order valence-electron chi connectivity index (χ3n) is 9.07. The molecule has 2 fully saturated rings. The number of carboxylic acid groups (broad SMARTS) is 1. The van der Waals surface area contributed by atoms with E-state index in [-0.39, 0.29) is 12.3 Å². The van der Waals surface area contributed by atoms with Crippen molar-refractivity contribution >= 4 is 22.8 Å². The van der Waals surface area contributed by atoms with Crippen molar-refractivity contribution < 1.29 is 44.2 Å². The van der Waals surface area contributed by atoms with Crippen molar-refractivity contribution in [3.63, 3.8) is 0 Å².